The highest BCUT2D eigenvalue weighted by molar-refractivity contribution is 9.10. The highest BCUT2D eigenvalue weighted by Crippen LogP contribution is 2.34. The van der Waals surface area contributed by atoms with E-state index >= 15 is 0 Å². The van der Waals surface area contributed by atoms with Gasteiger partial charge in [-0.15, -0.1) is 0 Å². The number of carboxylic acids is 1. The molecule has 1 aromatic carbocycles. The van der Waals surface area contributed by atoms with Gasteiger partial charge in [-0.3, -0.25) is 4.79 Å². The summed E-state index contributed by atoms with van der Waals surface area (Å²) in [7, 11) is 0. The maximum atomic E-state index is 13.6. The SMILES string of the molecule is CCC(C(=O)O)c1c(O)ccc(Br)c1F. The van der Waals surface area contributed by atoms with E-state index in [2.05, 4.69) is 15.9 Å². The molecule has 0 aliphatic rings. The topological polar surface area (TPSA) is 57.5 Å². The molecule has 0 saturated heterocycles. The molecule has 0 bridgehead atoms. The standard InChI is InChI=1S/C10H10BrFO3/c1-2-5(10(14)15)8-7(13)4-3-6(11)9(8)12/h3-5,13H,2H2,1H3,(H,14,15). The van der Waals surface area contributed by atoms with E-state index in [0.717, 1.165) is 0 Å². The van der Waals surface area contributed by atoms with Gasteiger partial charge < -0.3 is 10.2 Å². The maximum Gasteiger partial charge on any atom is 0.311 e. The van der Waals surface area contributed by atoms with Gasteiger partial charge >= 0.3 is 5.97 Å². The number of benzene rings is 1. The Kier molecular flexibility index (Phi) is 3.68. The summed E-state index contributed by atoms with van der Waals surface area (Å²) in [5.74, 6) is -3.22. The van der Waals surface area contributed by atoms with Crippen LogP contribution < -0.4 is 0 Å². The predicted molar refractivity (Wildman–Crippen MR) is 56.4 cm³/mol. The Morgan fingerprint density at radius 3 is 2.67 bits per heavy atom. The number of carboxylic acid groups (broad SMARTS) is 1. The van der Waals surface area contributed by atoms with Crippen LogP contribution in [0.25, 0.3) is 0 Å². The van der Waals surface area contributed by atoms with Crippen LogP contribution in [0.1, 0.15) is 24.8 Å². The summed E-state index contributed by atoms with van der Waals surface area (Å²) in [5.41, 5.74) is -0.167. The molecule has 82 valence electrons. The average molecular weight is 277 g/mol. The van der Waals surface area contributed by atoms with Gasteiger partial charge in [-0.1, -0.05) is 6.92 Å². The summed E-state index contributed by atoms with van der Waals surface area (Å²) in [6.45, 7) is 1.62. The van der Waals surface area contributed by atoms with Crippen molar-refractivity contribution in [1.29, 1.82) is 0 Å². The van der Waals surface area contributed by atoms with Crippen molar-refractivity contribution in [3.05, 3.63) is 28.0 Å². The van der Waals surface area contributed by atoms with Gasteiger partial charge in [0, 0.05) is 5.56 Å². The highest BCUT2D eigenvalue weighted by atomic mass is 79.9. The Labute approximate surface area is 94.7 Å². The minimum Gasteiger partial charge on any atom is -0.508 e. The molecule has 0 heterocycles. The number of aromatic hydroxyl groups is 1. The number of hydrogen-bond donors (Lipinski definition) is 2. The van der Waals surface area contributed by atoms with Crippen molar-refractivity contribution >= 4 is 21.9 Å². The lowest BCUT2D eigenvalue weighted by molar-refractivity contribution is -0.139. The fraction of sp³-hybridized carbons (Fsp3) is 0.300. The number of aliphatic carboxylic acids is 1. The molecule has 0 spiro atoms. The number of hydrogen-bond acceptors (Lipinski definition) is 2. The van der Waals surface area contributed by atoms with Gasteiger partial charge in [0.1, 0.15) is 11.6 Å². The second-order valence-electron chi connectivity index (χ2n) is 3.09. The Morgan fingerprint density at radius 2 is 2.20 bits per heavy atom. The van der Waals surface area contributed by atoms with Crippen molar-refractivity contribution in [3.8, 4) is 5.75 Å². The van der Waals surface area contributed by atoms with Crippen molar-refractivity contribution in [2.24, 2.45) is 0 Å². The summed E-state index contributed by atoms with van der Waals surface area (Å²) in [6, 6.07) is 2.61. The number of phenols is 1. The molecule has 0 fully saturated rings. The molecule has 1 unspecified atom stereocenters. The van der Waals surface area contributed by atoms with Crippen LogP contribution in [0.4, 0.5) is 4.39 Å². The second-order valence-corrected chi connectivity index (χ2v) is 3.95. The van der Waals surface area contributed by atoms with Crippen LogP contribution in [-0.2, 0) is 4.79 Å². The van der Waals surface area contributed by atoms with E-state index in [1.807, 2.05) is 0 Å². The van der Waals surface area contributed by atoms with Gasteiger partial charge in [0.15, 0.2) is 0 Å². The van der Waals surface area contributed by atoms with Gasteiger partial charge in [-0.05, 0) is 34.5 Å². The summed E-state index contributed by atoms with van der Waals surface area (Å²) in [4.78, 5) is 10.9. The van der Waals surface area contributed by atoms with Crippen LogP contribution >= 0.6 is 15.9 Å². The smallest absolute Gasteiger partial charge is 0.311 e. The fourth-order valence-electron chi connectivity index (χ4n) is 1.39. The van der Waals surface area contributed by atoms with E-state index in [9.17, 15) is 14.3 Å². The van der Waals surface area contributed by atoms with Crippen LogP contribution in [0.5, 0.6) is 5.75 Å². The summed E-state index contributed by atoms with van der Waals surface area (Å²) in [5, 5.41) is 18.3. The molecule has 1 rings (SSSR count). The lowest BCUT2D eigenvalue weighted by atomic mass is 9.95. The van der Waals surface area contributed by atoms with Gasteiger partial charge in [-0.25, -0.2) is 4.39 Å². The third kappa shape index (κ3) is 2.28. The molecule has 1 aromatic rings. The minimum atomic E-state index is -1.15. The summed E-state index contributed by atoms with van der Waals surface area (Å²) in [6.07, 6.45) is 0.219. The van der Waals surface area contributed by atoms with Crippen molar-refractivity contribution in [1.82, 2.24) is 0 Å². The van der Waals surface area contributed by atoms with Crippen molar-refractivity contribution in [2.45, 2.75) is 19.3 Å². The van der Waals surface area contributed by atoms with Crippen LogP contribution in [0, 0.1) is 5.82 Å². The molecule has 0 radical (unpaired) electrons. The number of halogens is 2. The first-order chi connectivity index (χ1) is 6.99. The number of phenolic OH excluding ortho intramolecular Hbond substituents is 1. The molecule has 0 amide bonds. The quantitative estimate of drug-likeness (QED) is 0.893. The first-order valence-electron chi connectivity index (χ1n) is 4.38. The average Bonchev–Trinajstić information content (AvgIpc) is 2.18. The predicted octanol–water partition coefficient (Wildman–Crippen LogP) is 2.87. The maximum absolute atomic E-state index is 13.6. The third-order valence-electron chi connectivity index (χ3n) is 2.16. The number of rotatable bonds is 3. The van der Waals surface area contributed by atoms with Gasteiger partial charge in [0.2, 0.25) is 0 Å². The van der Waals surface area contributed by atoms with E-state index in [1.165, 1.54) is 12.1 Å². The zero-order chi connectivity index (χ0) is 11.6. The Balaban J connectivity index is 3.34. The molecule has 5 heteroatoms. The van der Waals surface area contributed by atoms with E-state index in [-0.39, 0.29) is 22.2 Å². The molecule has 15 heavy (non-hydrogen) atoms. The molecule has 0 aromatic heterocycles. The molecular weight excluding hydrogens is 267 g/mol. The zero-order valence-corrected chi connectivity index (χ0v) is 9.58. The lowest BCUT2D eigenvalue weighted by Crippen LogP contribution is -2.12. The lowest BCUT2D eigenvalue weighted by Gasteiger charge is -2.13. The van der Waals surface area contributed by atoms with E-state index in [4.69, 9.17) is 5.11 Å². The monoisotopic (exact) mass is 276 g/mol. The van der Waals surface area contributed by atoms with Crippen LogP contribution in [-0.4, -0.2) is 16.2 Å². The summed E-state index contributed by atoms with van der Waals surface area (Å²) < 4.78 is 13.7. The van der Waals surface area contributed by atoms with E-state index in [0.29, 0.717) is 0 Å². The Morgan fingerprint density at radius 1 is 1.60 bits per heavy atom. The third-order valence-corrected chi connectivity index (χ3v) is 2.78. The Hall–Kier alpha value is -1.10. The highest BCUT2D eigenvalue weighted by Gasteiger charge is 2.25. The molecule has 3 nitrogen and oxygen atoms in total. The van der Waals surface area contributed by atoms with Crippen LogP contribution in [0.3, 0.4) is 0 Å². The Bertz CT molecular complexity index is 392. The van der Waals surface area contributed by atoms with Crippen molar-refractivity contribution in [2.75, 3.05) is 0 Å². The molecule has 0 aliphatic carbocycles. The van der Waals surface area contributed by atoms with Crippen LogP contribution in [0.15, 0.2) is 16.6 Å². The van der Waals surface area contributed by atoms with Gasteiger partial charge in [0.25, 0.3) is 0 Å². The minimum absolute atomic E-state index is 0.148. The zero-order valence-electron chi connectivity index (χ0n) is 8.00. The molecule has 1 atom stereocenters. The largest absolute Gasteiger partial charge is 0.508 e. The first-order valence-corrected chi connectivity index (χ1v) is 5.18. The molecule has 0 aliphatic heterocycles. The fourth-order valence-corrected chi connectivity index (χ4v) is 1.74. The molecule has 2 N–H and O–H groups in total. The van der Waals surface area contributed by atoms with Gasteiger partial charge in [0.05, 0.1) is 10.4 Å². The van der Waals surface area contributed by atoms with Gasteiger partial charge in [-0.2, -0.15) is 0 Å². The molecule has 0 saturated carbocycles. The van der Waals surface area contributed by atoms with Crippen molar-refractivity contribution in [3.63, 3.8) is 0 Å². The summed E-state index contributed by atoms with van der Waals surface area (Å²) >= 11 is 2.95. The van der Waals surface area contributed by atoms with E-state index < -0.39 is 17.7 Å². The first kappa shape index (κ1) is 12.0. The van der Waals surface area contributed by atoms with Crippen LogP contribution in [0.2, 0.25) is 0 Å². The van der Waals surface area contributed by atoms with E-state index in [1.54, 1.807) is 6.92 Å². The number of carbonyl (C=O) groups is 1. The second kappa shape index (κ2) is 4.61. The normalized spacial score (nSPS) is 12.5. The molecular formula is C10H10BrFO3. The van der Waals surface area contributed by atoms with Crippen molar-refractivity contribution < 1.29 is 19.4 Å².